The number of furan rings is 1. The first-order valence-electron chi connectivity index (χ1n) is 6.06. The van der Waals surface area contributed by atoms with E-state index in [0.29, 0.717) is 5.01 Å². The number of nitrogens with one attached hydrogen (secondary N) is 1. The highest BCUT2D eigenvalue weighted by Gasteiger charge is 2.14. The molecule has 2 aromatic rings. The Hall–Kier alpha value is -2.15. The van der Waals surface area contributed by atoms with Crippen molar-refractivity contribution in [3.63, 3.8) is 0 Å². The number of aromatic carboxylic acids is 1. The maximum Gasteiger partial charge on any atom is 0.355 e. The number of carboxylic acids is 1. The van der Waals surface area contributed by atoms with Gasteiger partial charge >= 0.3 is 5.97 Å². The fraction of sp³-hybridized carbons (Fsp3) is 0.308. The van der Waals surface area contributed by atoms with Crippen molar-refractivity contribution in [3.8, 4) is 0 Å². The number of aromatic nitrogens is 1. The van der Waals surface area contributed by atoms with E-state index in [1.165, 1.54) is 16.7 Å². The summed E-state index contributed by atoms with van der Waals surface area (Å²) in [6.07, 6.45) is 0.730. The zero-order valence-corrected chi connectivity index (χ0v) is 11.9. The number of aryl methyl sites for hydroxylation is 2. The summed E-state index contributed by atoms with van der Waals surface area (Å²) in [5, 5.41) is 13.4. The van der Waals surface area contributed by atoms with Gasteiger partial charge in [-0.15, -0.1) is 11.3 Å². The zero-order chi connectivity index (χ0) is 14.7. The molecule has 20 heavy (non-hydrogen) atoms. The molecule has 0 aromatic carbocycles. The smallest absolute Gasteiger partial charge is 0.355 e. The predicted octanol–water partition coefficient (Wildman–Crippen LogP) is 2.24. The maximum absolute atomic E-state index is 11.9. The SMILES string of the molecule is CCc1oc(C(=O)NCc2nc(C(=O)O)cs2)cc1C. The third kappa shape index (κ3) is 3.05. The molecule has 0 bridgehead atoms. The first-order valence-corrected chi connectivity index (χ1v) is 6.94. The van der Waals surface area contributed by atoms with Crippen LogP contribution in [-0.2, 0) is 13.0 Å². The van der Waals surface area contributed by atoms with Gasteiger partial charge in [-0.2, -0.15) is 0 Å². The first kappa shape index (κ1) is 14.3. The molecule has 0 radical (unpaired) electrons. The summed E-state index contributed by atoms with van der Waals surface area (Å²) < 4.78 is 5.43. The molecule has 6 nitrogen and oxygen atoms in total. The third-order valence-corrected chi connectivity index (χ3v) is 3.59. The second-order valence-corrected chi connectivity index (χ2v) is 5.13. The average Bonchev–Trinajstić information content (AvgIpc) is 3.02. The number of nitrogens with zero attached hydrogens (tertiary/aromatic N) is 1. The van der Waals surface area contributed by atoms with E-state index in [9.17, 15) is 9.59 Å². The number of hydrogen-bond donors (Lipinski definition) is 2. The van der Waals surface area contributed by atoms with Crippen molar-refractivity contribution in [3.05, 3.63) is 39.2 Å². The van der Waals surface area contributed by atoms with Crippen LogP contribution in [-0.4, -0.2) is 22.0 Å². The number of rotatable bonds is 5. The monoisotopic (exact) mass is 294 g/mol. The Morgan fingerprint density at radius 1 is 1.50 bits per heavy atom. The lowest BCUT2D eigenvalue weighted by Gasteiger charge is -1.99. The molecule has 2 heterocycles. The Kier molecular flexibility index (Phi) is 4.19. The van der Waals surface area contributed by atoms with Gasteiger partial charge in [-0.1, -0.05) is 6.92 Å². The van der Waals surface area contributed by atoms with Gasteiger partial charge < -0.3 is 14.8 Å². The van der Waals surface area contributed by atoms with Crippen LogP contribution >= 0.6 is 11.3 Å². The molecule has 0 aliphatic heterocycles. The van der Waals surface area contributed by atoms with Crippen molar-refractivity contribution in [1.82, 2.24) is 10.3 Å². The number of carbonyl (C=O) groups is 2. The highest BCUT2D eigenvalue weighted by Crippen LogP contribution is 2.15. The van der Waals surface area contributed by atoms with Crippen LogP contribution < -0.4 is 5.32 Å². The first-order chi connectivity index (χ1) is 9.51. The Bertz CT molecular complexity index is 645. The number of amides is 1. The van der Waals surface area contributed by atoms with Crippen molar-refractivity contribution in [2.24, 2.45) is 0 Å². The van der Waals surface area contributed by atoms with E-state index >= 15 is 0 Å². The van der Waals surface area contributed by atoms with E-state index in [1.807, 2.05) is 13.8 Å². The fourth-order valence-electron chi connectivity index (χ4n) is 1.72. The molecule has 0 spiro atoms. The highest BCUT2D eigenvalue weighted by atomic mass is 32.1. The number of hydrogen-bond acceptors (Lipinski definition) is 5. The summed E-state index contributed by atoms with van der Waals surface area (Å²) in [7, 11) is 0. The van der Waals surface area contributed by atoms with E-state index in [4.69, 9.17) is 9.52 Å². The number of carboxylic acid groups (broad SMARTS) is 1. The van der Waals surface area contributed by atoms with Crippen molar-refractivity contribution in [2.45, 2.75) is 26.8 Å². The third-order valence-electron chi connectivity index (χ3n) is 2.74. The Balaban J connectivity index is 1.98. The van der Waals surface area contributed by atoms with Crippen LogP contribution in [0.2, 0.25) is 0 Å². The summed E-state index contributed by atoms with van der Waals surface area (Å²) in [6, 6.07) is 1.69. The lowest BCUT2D eigenvalue weighted by Crippen LogP contribution is -2.22. The molecule has 0 aliphatic carbocycles. The lowest BCUT2D eigenvalue weighted by molar-refractivity contribution is 0.0691. The molecule has 0 atom stereocenters. The van der Waals surface area contributed by atoms with Crippen LogP contribution in [0, 0.1) is 6.92 Å². The van der Waals surface area contributed by atoms with E-state index in [-0.39, 0.29) is 23.9 Å². The summed E-state index contributed by atoms with van der Waals surface area (Å²) in [5.41, 5.74) is 0.932. The maximum atomic E-state index is 11.9. The predicted molar refractivity (Wildman–Crippen MR) is 73.1 cm³/mol. The molecule has 0 aliphatic rings. The number of carbonyl (C=O) groups excluding carboxylic acids is 1. The molecule has 2 aromatic heterocycles. The standard InChI is InChI=1S/C13H14N2O4S/c1-3-9-7(2)4-10(19-9)12(16)14-5-11-15-8(6-20-11)13(17)18/h4,6H,3,5H2,1-2H3,(H,14,16)(H,17,18). The minimum Gasteiger partial charge on any atom is -0.476 e. The molecule has 7 heteroatoms. The van der Waals surface area contributed by atoms with Crippen LogP contribution in [0.5, 0.6) is 0 Å². The largest absolute Gasteiger partial charge is 0.476 e. The second-order valence-electron chi connectivity index (χ2n) is 4.18. The molecule has 1 amide bonds. The van der Waals surface area contributed by atoms with E-state index in [0.717, 1.165) is 17.7 Å². The highest BCUT2D eigenvalue weighted by molar-refractivity contribution is 7.09. The fourth-order valence-corrected chi connectivity index (χ4v) is 2.42. The molecule has 0 saturated heterocycles. The Morgan fingerprint density at radius 2 is 2.25 bits per heavy atom. The topological polar surface area (TPSA) is 92.4 Å². The zero-order valence-electron chi connectivity index (χ0n) is 11.1. The van der Waals surface area contributed by atoms with E-state index in [1.54, 1.807) is 6.07 Å². The molecule has 106 valence electrons. The van der Waals surface area contributed by atoms with Gasteiger partial charge in [0.25, 0.3) is 5.91 Å². The molecule has 0 saturated carbocycles. The van der Waals surface area contributed by atoms with Crippen molar-refractivity contribution >= 4 is 23.2 Å². The van der Waals surface area contributed by atoms with Crippen molar-refractivity contribution < 1.29 is 19.1 Å². The van der Waals surface area contributed by atoms with Gasteiger partial charge in [0.2, 0.25) is 0 Å². The van der Waals surface area contributed by atoms with Crippen LogP contribution in [0.3, 0.4) is 0 Å². The van der Waals surface area contributed by atoms with Gasteiger partial charge in [-0.25, -0.2) is 9.78 Å². The lowest BCUT2D eigenvalue weighted by atomic mass is 10.2. The summed E-state index contributed by atoms with van der Waals surface area (Å²) in [4.78, 5) is 26.5. The van der Waals surface area contributed by atoms with Crippen LogP contribution in [0.1, 0.15) is 44.3 Å². The van der Waals surface area contributed by atoms with Gasteiger partial charge in [0.1, 0.15) is 10.8 Å². The van der Waals surface area contributed by atoms with Crippen LogP contribution in [0.15, 0.2) is 15.9 Å². The number of thiazole rings is 1. The average molecular weight is 294 g/mol. The van der Waals surface area contributed by atoms with Gasteiger partial charge in [0.15, 0.2) is 11.5 Å². The van der Waals surface area contributed by atoms with Crippen LogP contribution in [0.25, 0.3) is 0 Å². The molecule has 2 rings (SSSR count). The minimum absolute atomic E-state index is 0.0126. The molecule has 0 fully saturated rings. The van der Waals surface area contributed by atoms with Gasteiger partial charge in [-0.05, 0) is 18.6 Å². The summed E-state index contributed by atoms with van der Waals surface area (Å²) in [5.74, 6) is -0.361. The molecule has 0 unspecified atom stereocenters. The van der Waals surface area contributed by atoms with E-state index in [2.05, 4.69) is 10.3 Å². The van der Waals surface area contributed by atoms with Crippen molar-refractivity contribution in [1.29, 1.82) is 0 Å². The summed E-state index contributed by atoms with van der Waals surface area (Å²) >= 11 is 1.19. The van der Waals surface area contributed by atoms with Crippen LogP contribution in [0.4, 0.5) is 0 Å². The van der Waals surface area contributed by atoms with Crippen molar-refractivity contribution in [2.75, 3.05) is 0 Å². The molecular weight excluding hydrogens is 280 g/mol. The van der Waals surface area contributed by atoms with Gasteiger partial charge in [-0.3, -0.25) is 4.79 Å². The van der Waals surface area contributed by atoms with Gasteiger partial charge in [0, 0.05) is 11.8 Å². The minimum atomic E-state index is -1.08. The van der Waals surface area contributed by atoms with E-state index < -0.39 is 5.97 Å². The molecule has 2 N–H and O–H groups in total. The second kappa shape index (κ2) is 5.87. The Morgan fingerprint density at radius 3 is 2.80 bits per heavy atom. The molecular formula is C13H14N2O4S. The Labute approximate surface area is 119 Å². The van der Waals surface area contributed by atoms with Gasteiger partial charge in [0.05, 0.1) is 6.54 Å². The normalized spacial score (nSPS) is 10.5. The quantitative estimate of drug-likeness (QED) is 0.882. The summed E-state index contributed by atoms with van der Waals surface area (Å²) in [6.45, 7) is 4.02.